The molecule has 0 fully saturated rings. The number of rotatable bonds is 8. The summed E-state index contributed by atoms with van der Waals surface area (Å²) in [5.41, 5.74) is 1.46. The summed E-state index contributed by atoms with van der Waals surface area (Å²) in [4.78, 5) is 0. The maximum atomic E-state index is 3.62. The van der Waals surface area contributed by atoms with Crippen LogP contribution in [0.1, 0.15) is 38.7 Å². The van der Waals surface area contributed by atoms with Gasteiger partial charge in [0.2, 0.25) is 0 Å². The first kappa shape index (κ1) is 15.6. The van der Waals surface area contributed by atoms with Crippen molar-refractivity contribution in [2.75, 3.05) is 19.3 Å². The van der Waals surface area contributed by atoms with Crippen LogP contribution < -0.4 is 5.32 Å². The van der Waals surface area contributed by atoms with Crippen molar-refractivity contribution >= 4 is 11.8 Å². The Morgan fingerprint density at radius 1 is 1.11 bits per heavy atom. The normalized spacial score (nSPS) is 14.7. The van der Waals surface area contributed by atoms with E-state index < -0.39 is 0 Å². The van der Waals surface area contributed by atoms with Crippen LogP contribution >= 0.6 is 11.8 Å². The molecule has 102 valence electrons. The molecule has 0 aliphatic rings. The highest BCUT2D eigenvalue weighted by molar-refractivity contribution is 7.99. The van der Waals surface area contributed by atoms with E-state index >= 15 is 0 Å². The van der Waals surface area contributed by atoms with E-state index in [2.05, 4.69) is 62.7 Å². The first-order valence-electron chi connectivity index (χ1n) is 6.93. The maximum Gasteiger partial charge on any atom is 0.00280 e. The second kappa shape index (κ2) is 8.60. The third-order valence-corrected chi connectivity index (χ3v) is 4.57. The van der Waals surface area contributed by atoms with E-state index in [-0.39, 0.29) is 0 Å². The van der Waals surface area contributed by atoms with Gasteiger partial charge < -0.3 is 5.32 Å². The first-order valence-corrected chi connectivity index (χ1v) is 8.22. The predicted octanol–water partition coefficient (Wildman–Crippen LogP) is 4.16. The summed E-state index contributed by atoms with van der Waals surface area (Å²) in [6.45, 7) is 9.12. The third-order valence-electron chi connectivity index (χ3n) is 3.53. The molecule has 0 saturated heterocycles. The molecule has 1 nitrogen and oxygen atoms in total. The van der Waals surface area contributed by atoms with Crippen LogP contribution in [0.4, 0.5) is 0 Å². The SMILES string of the molecule is CSC(C)CCNCC(c1ccccc1)C(C)C. The van der Waals surface area contributed by atoms with Crippen LogP contribution in [-0.4, -0.2) is 24.6 Å². The van der Waals surface area contributed by atoms with Gasteiger partial charge in [-0.1, -0.05) is 51.1 Å². The average Bonchev–Trinajstić information content (AvgIpc) is 2.38. The van der Waals surface area contributed by atoms with Gasteiger partial charge in [-0.25, -0.2) is 0 Å². The van der Waals surface area contributed by atoms with Crippen molar-refractivity contribution in [2.45, 2.75) is 38.4 Å². The van der Waals surface area contributed by atoms with E-state index in [0.717, 1.165) is 18.3 Å². The van der Waals surface area contributed by atoms with Crippen molar-refractivity contribution in [3.8, 4) is 0 Å². The van der Waals surface area contributed by atoms with Gasteiger partial charge in [0.25, 0.3) is 0 Å². The number of hydrogen-bond donors (Lipinski definition) is 1. The molecule has 0 bridgehead atoms. The minimum absolute atomic E-state index is 0.621. The lowest BCUT2D eigenvalue weighted by Gasteiger charge is -2.22. The summed E-state index contributed by atoms with van der Waals surface area (Å²) in [6, 6.07) is 10.9. The van der Waals surface area contributed by atoms with E-state index in [4.69, 9.17) is 0 Å². The third kappa shape index (κ3) is 5.45. The number of benzene rings is 1. The summed E-state index contributed by atoms with van der Waals surface area (Å²) in [7, 11) is 0. The molecule has 1 aromatic rings. The molecule has 1 aromatic carbocycles. The van der Waals surface area contributed by atoms with Crippen LogP contribution in [-0.2, 0) is 0 Å². The Bertz CT molecular complexity index is 310. The van der Waals surface area contributed by atoms with Gasteiger partial charge in [-0.05, 0) is 36.6 Å². The van der Waals surface area contributed by atoms with Crippen molar-refractivity contribution in [1.29, 1.82) is 0 Å². The van der Waals surface area contributed by atoms with Gasteiger partial charge >= 0.3 is 0 Å². The van der Waals surface area contributed by atoms with Gasteiger partial charge in [0.15, 0.2) is 0 Å². The predicted molar refractivity (Wildman–Crippen MR) is 84.5 cm³/mol. The van der Waals surface area contributed by atoms with Crippen LogP contribution in [0, 0.1) is 5.92 Å². The fourth-order valence-corrected chi connectivity index (χ4v) is 2.47. The molecule has 0 saturated carbocycles. The molecule has 0 spiro atoms. The van der Waals surface area contributed by atoms with Crippen molar-refractivity contribution in [2.24, 2.45) is 5.92 Å². The summed E-state index contributed by atoms with van der Waals surface area (Å²) < 4.78 is 0. The lowest BCUT2D eigenvalue weighted by atomic mass is 9.88. The highest BCUT2D eigenvalue weighted by Crippen LogP contribution is 2.23. The smallest absolute Gasteiger partial charge is 0.00280 e. The highest BCUT2D eigenvalue weighted by Gasteiger charge is 2.14. The van der Waals surface area contributed by atoms with Crippen molar-refractivity contribution < 1.29 is 0 Å². The Hall–Kier alpha value is -0.470. The largest absolute Gasteiger partial charge is 0.316 e. The van der Waals surface area contributed by atoms with Gasteiger partial charge in [-0.2, -0.15) is 11.8 Å². The second-order valence-electron chi connectivity index (χ2n) is 5.30. The molecular weight excluding hydrogens is 238 g/mol. The van der Waals surface area contributed by atoms with Crippen molar-refractivity contribution in [3.05, 3.63) is 35.9 Å². The minimum atomic E-state index is 0.621. The zero-order valence-corrected chi connectivity index (χ0v) is 13.0. The zero-order chi connectivity index (χ0) is 13.4. The van der Waals surface area contributed by atoms with Gasteiger partial charge in [-0.15, -0.1) is 0 Å². The zero-order valence-electron chi connectivity index (χ0n) is 12.1. The fraction of sp³-hybridized carbons (Fsp3) is 0.625. The van der Waals surface area contributed by atoms with Gasteiger partial charge in [0, 0.05) is 11.8 Å². The van der Waals surface area contributed by atoms with E-state index in [1.54, 1.807) is 0 Å². The Morgan fingerprint density at radius 2 is 1.78 bits per heavy atom. The monoisotopic (exact) mass is 265 g/mol. The first-order chi connectivity index (χ1) is 8.65. The number of thioether (sulfide) groups is 1. The van der Waals surface area contributed by atoms with Crippen molar-refractivity contribution in [3.63, 3.8) is 0 Å². The van der Waals surface area contributed by atoms with Crippen LogP contribution in [0.2, 0.25) is 0 Å². The minimum Gasteiger partial charge on any atom is -0.316 e. The fourth-order valence-electron chi connectivity index (χ4n) is 2.12. The summed E-state index contributed by atoms with van der Waals surface area (Å²) in [6.07, 6.45) is 3.44. The molecule has 2 atom stereocenters. The molecule has 0 aliphatic carbocycles. The second-order valence-corrected chi connectivity index (χ2v) is 6.58. The van der Waals surface area contributed by atoms with E-state index in [0.29, 0.717) is 11.8 Å². The molecule has 0 heterocycles. The number of nitrogens with one attached hydrogen (secondary N) is 1. The summed E-state index contributed by atoms with van der Waals surface area (Å²) in [5, 5.41) is 4.37. The van der Waals surface area contributed by atoms with Crippen LogP contribution in [0.5, 0.6) is 0 Å². The maximum absolute atomic E-state index is 3.62. The lowest BCUT2D eigenvalue weighted by Crippen LogP contribution is -2.26. The quantitative estimate of drug-likeness (QED) is 0.708. The molecule has 2 heteroatoms. The summed E-state index contributed by atoms with van der Waals surface area (Å²) >= 11 is 1.95. The molecule has 18 heavy (non-hydrogen) atoms. The van der Waals surface area contributed by atoms with Crippen molar-refractivity contribution in [1.82, 2.24) is 5.32 Å². The van der Waals surface area contributed by atoms with E-state index in [1.807, 2.05) is 11.8 Å². The average molecular weight is 265 g/mol. The van der Waals surface area contributed by atoms with E-state index in [9.17, 15) is 0 Å². The van der Waals surface area contributed by atoms with Gasteiger partial charge in [-0.3, -0.25) is 0 Å². The topological polar surface area (TPSA) is 12.0 Å². The van der Waals surface area contributed by atoms with Gasteiger partial charge in [0.1, 0.15) is 0 Å². The molecule has 1 N–H and O–H groups in total. The molecule has 1 rings (SSSR count). The number of hydrogen-bond acceptors (Lipinski definition) is 2. The molecule has 0 aromatic heterocycles. The standard InChI is InChI=1S/C16H27NS/c1-13(2)16(15-8-6-5-7-9-15)12-17-11-10-14(3)18-4/h5-9,13-14,16-17H,10-12H2,1-4H3. The molecule has 0 radical (unpaired) electrons. The van der Waals surface area contributed by atoms with Crippen LogP contribution in [0.25, 0.3) is 0 Å². The summed E-state index contributed by atoms with van der Waals surface area (Å²) in [5.74, 6) is 1.30. The van der Waals surface area contributed by atoms with Crippen LogP contribution in [0.3, 0.4) is 0 Å². The Balaban J connectivity index is 2.40. The molecule has 0 aliphatic heterocycles. The van der Waals surface area contributed by atoms with E-state index in [1.165, 1.54) is 12.0 Å². The molecular formula is C16H27NS. The Morgan fingerprint density at radius 3 is 2.33 bits per heavy atom. The Labute approximate surface area is 117 Å². The Kier molecular flexibility index (Phi) is 7.45. The van der Waals surface area contributed by atoms with Gasteiger partial charge in [0.05, 0.1) is 0 Å². The highest BCUT2D eigenvalue weighted by atomic mass is 32.2. The van der Waals surface area contributed by atoms with Crippen LogP contribution in [0.15, 0.2) is 30.3 Å². The lowest BCUT2D eigenvalue weighted by molar-refractivity contribution is 0.459. The molecule has 0 amide bonds. The molecule has 2 unspecified atom stereocenters.